The minimum atomic E-state index is 0.0830. The quantitative estimate of drug-likeness (QED) is 0.417. The number of aromatic nitrogens is 3. The van der Waals surface area contributed by atoms with Gasteiger partial charge in [-0.2, -0.15) is 9.61 Å². The number of fused-ring (bicyclic) bond motifs is 2. The molecule has 8 heteroatoms. The molecule has 2 aromatic carbocycles. The van der Waals surface area contributed by atoms with Crippen LogP contribution >= 0.6 is 23.2 Å². The predicted octanol–water partition coefficient (Wildman–Crippen LogP) is 5.13. The topological polar surface area (TPSA) is 85.5 Å². The van der Waals surface area contributed by atoms with Crippen molar-refractivity contribution in [3.8, 4) is 11.1 Å². The van der Waals surface area contributed by atoms with Gasteiger partial charge >= 0.3 is 0 Å². The van der Waals surface area contributed by atoms with Crippen LogP contribution in [-0.4, -0.2) is 27.7 Å². The van der Waals surface area contributed by atoms with Crippen LogP contribution < -0.4 is 16.4 Å². The van der Waals surface area contributed by atoms with E-state index in [-0.39, 0.29) is 11.5 Å². The molecule has 1 aliphatic heterocycles. The molecular weight excluding hydrogens is 455 g/mol. The van der Waals surface area contributed by atoms with Crippen molar-refractivity contribution in [3.05, 3.63) is 76.0 Å². The van der Waals surface area contributed by atoms with Gasteiger partial charge in [-0.3, -0.25) is 0 Å². The summed E-state index contributed by atoms with van der Waals surface area (Å²) in [6.07, 6.45) is 4.63. The first-order valence-corrected chi connectivity index (χ1v) is 11.9. The SMILES string of the molecule is Nc1cc(N2CCC3(CC2)Cc2ccccc2[C@H]3N)n2ncnc2c1-c1cccc(Cl)c1Cl. The van der Waals surface area contributed by atoms with Crippen LogP contribution in [0.1, 0.15) is 30.0 Å². The molecule has 1 aliphatic carbocycles. The zero-order chi connectivity index (χ0) is 22.7. The van der Waals surface area contributed by atoms with Crippen molar-refractivity contribution in [3.63, 3.8) is 0 Å². The Labute approximate surface area is 202 Å². The number of pyridine rings is 1. The fourth-order valence-corrected chi connectivity index (χ4v) is 6.06. The maximum atomic E-state index is 6.76. The number of halogens is 2. The molecule has 6 rings (SSSR count). The number of nitrogens with zero attached hydrogens (tertiary/aromatic N) is 4. The third-order valence-corrected chi connectivity index (χ3v) is 8.28. The number of anilines is 2. The summed E-state index contributed by atoms with van der Waals surface area (Å²) in [5.74, 6) is 0.931. The first-order valence-electron chi connectivity index (χ1n) is 11.1. The van der Waals surface area contributed by atoms with Gasteiger partial charge in [-0.15, -0.1) is 0 Å². The van der Waals surface area contributed by atoms with E-state index >= 15 is 0 Å². The molecule has 168 valence electrons. The van der Waals surface area contributed by atoms with Gasteiger partial charge in [0.15, 0.2) is 5.65 Å². The van der Waals surface area contributed by atoms with E-state index in [1.807, 2.05) is 22.7 Å². The van der Waals surface area contributed by atoms with E-state index < -0.39 is 0 Å². The van der Waals surface area contributed by atoms with Gasteiger partial charge in [-0.1, -0.05) is 59.6 Å². The highest BCUT2D eigenvalue weighted by atomic mass is 35.5. The van der Waals surface area contributed by atoms with Crippen LogP contribution in [0.5, 0.6) is 0 Å². The highest BCUT2D eigenvalue weighted by Crippen LogP contribution is 2.51. The summed E-state index contributed by atoms with van der Waals surface area (Å²) in [6, 6.07) is 16.2. The van der Waals surface area contributed by atoms with Crippen molar-refractivity contribution in [1.82, 2.24) is 14.6 Å². The van der Waals surface area contributed by atoms with E-state index in [4.69, 9.17) is 34.7 Å². The normalized spacial score (nSPS) is 19.4. The van der Waals surface area contributed by atoms with E-state index in [1.54, 1.807) is 12.4 Å². The van der Waals surface area contributed by atoms with Gasteiger partial charge < -0.3 is 16.4 Å². The second-order valence-electron chi connectivity index (χ2n) is 9.13. The minimum absolute atomic E-state index is 0.0830. The first-order chi connectivity index (χ1) is 16.0. The number of nitrogens with two attached hydrogens (primary N) is 2. The average molecular weight is 479 g/mol. The van der Waals surface area contributed by atoms with Gasteiger partial charge in [0, 0.05) is 36.4 Å². The van der Waals surface area contributed by atoms with Gasteiger partial charge in [-0.05, 0) is 41.9 Å². The summed E-state index contributed by atoms with van der Waals surface area (Å²) < 4.78 is 1.85. The Kier molecular flexibility index (Phi) is 4.80. The first kappa shape index (κ1) is 20.8. The summed E-state index contributed by atoms with van der Waals surface area (Å²) in [4.78, 5) is 6.85. The highest BCUT2D eigenvalue weighted by Gasteiger charge is 2.46. The Morgan fingerprint density at radius 3 is 2.61 bits per heavy atom. The summed E-state index contributed by atoms with van der Waals surface area (Å²) in [6.45, 7) is 1.76. The molecule has 6 nitrogen and oxygen atoms in total. The maximum Gasteiger partial charge on any atom is 0.167 e. The van der Waals surface area contributed by atoms with Gasteiger partial charge in [0.25, 0.3) is 0 Å². The Balaban J connectivity index is 1.34. The standard InChI is InChI=1S/C25H24Cl2N6/c26-18-7-3-6-17(22(18)27)21-19(28)12-20(33-24(21)30-14-31-33)32-10-8-25(9-11-32)13-15-4-1-2-5-16(15)23(25)29/h1-7,12,14,23H,8-11,13,28-29H2/t23-/m1/s1. The van der Waals surface area contributed by atoms with Crippen molar-refractivity contribution < 1.29 is 0 Å². The van der Waals surface area contributed by atoms with E-state index in [0.717, 1.165) is 49.3 Å². The Bertz CT molecular complexity index is 1370. The van der Waals surface area contributed by atoms with E-state index in [1.165, 1.54) is 11.1 Å². The Hall–Kier alpha value is -2.80. The van der Waals surface area contributed by atoms with Gasteiger partial charge in [0.1, 0.15) is 12.1 Å². The van der Waals surface area contributed by atoms with Crippen molar-refractivity contribution in [2.45, 2.75) is 25.3 Å². The number of piperidine rings is 1. The predicted molar refractivity (Wildman–Crippen MR) is 134 cm³/mol. The molecule has 0 unspecified atom stereocenters. The van der Waals surface area contributed by atoms with Crippen LogP contribution in [0.2, 0.25) is 10.0 Å². The number of benzene rings is 2. The van der Waals surface area contributed by atoms with Crippen molar-refractivity contribution in [2.75, 3.05) is 23.7 Å². The fourth-order valence-electron chi connectivity index (χ4n) is 5.67. The van der Waals surface area contributed by atoms with E-state index in [9.17, 15) is 0 Å². The molecule has 1 fully saturated rings. The molecule has 2 aromatic heterocycles. The molecule has 1 spiro atoms. The smallest absolute Gasteiger partial charge is 0.167 e. The number of nitrogen functional groups attached to an aromatic ring is 1. The molecule has 1 saturated heterocycles. The summed E-state index contributed by atoms with van der Waals surface area (Å²) >= 11 is 12.8. The lowest BCUT2D eigenvalue weighted by molar-refractivity contribution is 0.187. The average Bonchev–Trinajstić information content (AvgIpc) is 3.40. The Morgan fingerprint density at radius 2 is 1.82 bits per heavy atom. The molecule has 0 saturated carbocycles. The molecule has 0 bridgehead atoms. The van der Waals surface area contributed by atoms with Crippen LogP contribution in [0.3, 0.4) is 0 Å². The molecule has 0 amide bonds. The third kappa shape index (κ3) is 3.12. The molecule has 1 atom stereocenters. The lowest BCUT2D eigenvalue weighted by Crippen LogP contribution is -2.45. The van der Waals surface area contributed by atoms with Gasteiger partial charge in [-0.25, -0.2) is 4.98 Å². The maximum absolute atomic E-state index is 6.76. The third-order valence-electron chi connectivity index (χ3n) is 7.46. The zero-order valence-corrected chi connectivity index (χ0v) is 19.5. The van der Waals surface area contributed by atoms with Crippen LogP contribution in [-0.2, 0) is 6.42 Å². The van der Waals surface area contributed by atoms with Gasteiger partial charge in [0.2, 0.25) is 0 Å². The number of hydrogen-bond acceptors (Lipinski definition) is 5. The van der Waals surface area contributed by atoms with Crippen molar-refractivity contribution in [2.24, 2.45) is 11.1 Å². The van der Waals surface area contributed by atoms with E-state index in [2.05, 4.69) is 39.2 Å². The molecule has 3 heterocycles. The van der Waals surface area contributed by atoms with Gasteiger partial charge in [0.05, 0.1) is 15.6 Å². The second kappa shape index (κ2) is 7.62. The zero-order valence-electron chi connectivity index (χ0n) is 18.0. The lowest BCUT2D eigenvalue weighted by atomic mass is 9.73. The monoisotopic (exact) mass is 478 g/mol. The van der Waals surface area contributed by atoms with Crippen molar-refractivity contribution in [1.29, 1.82) is 0 Å². The molecule has 0 radical (unpaired) electrons. The molecule has 4 N–H and O–H groups in total. The minimum Gasteiger partial charge on any atom is -0.398 e. The van der Waals surface area contributed by atoms with E-state index in [0.29, 0.717) is 21.4 Å². The largest absolute Gasteiger partial charge is 0.398 e. The van der Waals surface area contributed by atoms with Crippen LogP contribution in [0.15, 0.2) is 54.9 Å². The molecule has 33 heavy (non-hydrogen) atoms. The molecule has 4 aromatic rings. The second-order valence-corrected chi connectivity index (χ2v) is 9.92. The van der Waals surface area contributed by atoms with Crippen LogP contribution in [0.25, 0.3) is 16.8 Å². The molecular formula is C25H24Cl2N6. The van der Waals surface area contributed by atoms with Crippen LogP contribution in [0.4, 0.5) is 11.5 Å². The highest BCUT2D eigenvalue weighted by molar-refractivity contribution is 6.44. The van der Waals surface area contributed by atoms with Crippen molar-refractivity contribution >= 4 is 40.4 Å². The summed E-state index contributed by atoms with van der Waals surface area (Å²) in [5, 5.41) is 5.45. The number of hydrogen-bond donors (Lipinski definition) is 2. The lowest BCUT2D eigenvalue weighted by Gasteiger charge is -2.43. The summed E-state index contributed by atoms with van der Waals surface area (Å²) in [5.41, 5.74) is 18.9. The fraction of sp³-hybridized carbons (Fsp3) is 0.280. The summed E-state index contributed by atoms with van der Waals surface area (Å²) in [7, 11) is 0. The Morgan fingerprint density at radius 1 is 1.03 bits per heavy atom. The van der Waals surface area contributed by atoms with Crippen LogP contribution in [0, 0.1) is 5.41 Å². The molecule has 2 aliphatic rings. The number of rotatable bonds is 2.